The van der Waals surface area contributed by atoms with Crippen LogP contribution in [0.1, 0.15) is 27.9 Å². The molecule has 1 saturated heterocycles. The number of non-ortho nitro benzene ring substituents is 1. The van der Waals surface area contributed by atoms with Crippen molar-refractivity contribution in [3.63, 3.8) is 0 Å². The van der Waals surface area contributed by atoms with E-state index < -0.39 is 22.0 Å². The van der Waals surface area contributed by atoms with E-state index in [1.54, 1.807) is 66.7 Å². The number of anilines is 2. The van der Waals surface area contributed by atoms with Crippen LogP contribution in [0.3, 0.4) is 0 Å². The molecule has 1 heterocycles. The number of hydrogen-bond acceptors (Lipinski definition) is 7. The first-order chi connectivity index (χ1) is 21.2. The third kappa shape index (κ3) is 7.08. The van der Waals surface area contributed by atoms with Crippen LogP contribution in [0.25, 0.3) is 6.08 Å². The number of carbonyl (C=O) groups excluding carboxylic acids is 4. The first kappa shape index (κ1) is 29.9. The van der Waals surface area contributed by atoms with Gasteiger partial charge in [0.2, 0.25) is 11.8 Å². The van der Waals surface area contributed by atoms with Crippen molar-refractivity contribution in [3.05, 3.63) is 136 Å². The summed E-state index contributed by atoms with van der Waals surface area (Å²) in [4.78, 5) is 64.3. The second-order valence-electron chi connectivity index (χ2n) is 9.92. The third-order valence-electron chi connectivity index (χ3n) is 6.73. The summed E-state index contributed by atoms with van der Waals surface area (Å²) in [6.07, 6.45) is 1.50. The average molecular weight is 607 g/mol. The number of nitrogens with zero attached hydrogens (tertiary/aromatic N) is 2. The molecule has 1 atom stereocenters. The van der Waals surface area contributed by atoms with Crippen molar-refractivity contribution in [1.82, 2.24) is 5.32 Å². The average Bonchev–Trinajstić information content (AvgIpc) is 3.30. The van der Waals surface area contributed by atoms with Crippen molar-refractivity contribution in [1.29, 1.82) is 0 Å². The van der Waals surface area contributed by atoms with E-state index in [-0.39, 0.29) is 29.6 Å². The molecule has 4 aromatic rings. The van der Waals surface area contributed by atoms with Crippen LogP contribution in [0.4, 0.5) is 17.1 Å². The largest absolute Gasteiger partial charge is 0.321 e. The molecule has 44 heavy (non-hydrogen) atoms. The van der Waals surface area contributed by atoms with Crippen LogP contribution in [0.2, 0.25) is 0 Å². The van der Waals surface area contributed by atoms with Crippen LogP contribution in [0, 0.1) is 17.0 Å². The van der Waals surface area contributed by atoms with E-state index in [9.17, 15) is 29.3 Å². The van der Waals surface area contributed by atoms with Gasteiger partial charge in [0.25, 0.3) is 17.5 Å². The highest BCUT2D eigenvalue weighted by Crippen LogP contribution is 2.34. The van der Waals surface area contributed by atoms with Crippen LogP contribution in [-0.2, 0) is 14.4 Å². The Morgan fingerprint density at radius 1 is 0.909 bits per heavy atom. The number of thioether (sulfide) groups is 1. The Morgan fingerprint density at radius 3 is 2.20 bits per heavy atom. The van der Waals surface area contributed by atoms with Crippen molar-refractivity contribution in [2.45, 2.75) is 23.5 Å². The SMILES string of the molecule is Cc1ccc(N2C(=O)CC(Sc3ccc(NC(=O)/C(=C/c4ccc([N+](=O)[O-])cc4)NC(=O)c4ccccc4)cc3)C2=O)cc1. The highest BCUT2D eigenvalue weighted by atomic mass is 32.2. The molecule has 1 aliphatic rings. The molecular weight excluding hydrogens is 580 g/mol. The van der Waals surface area contributed by atoms with Gasteiger partial charge in [0.1, 0.15) is 5.70 Å². The maximum Gasteiger partial charge on any atom is 0.272 e. The number of imide groups is 1. The zero-order valence-corrected chi connectivity index (χ0v) is 24.2. The van der Waals surface area contributed by atoms with E-state index in [1.807, 2.05) is 19.1 Å². The van der Waals surface area contributed by atoms with E-state index in [2.05, 4.69) is 10.6 Å². The molecule has 0 aliphatic carbocycles. The van der Waals surface area contributed by atoms with Gasteiger partial charge in [-0.3, -0.25) is 29.3 Å². The lowest BCUT2D eigenvalue weighted by atomic mass is 10.1. The Morgan fingerprint density at radius 2 is 1.57 bits per heavy atom. The lowest BCUT2D eigenvalue weighted by Gasteiger charge is -2.15. The smallest absolute Gasteiger partial charge is 0.272 e. The van der Waals surface area contributed by atoms with Crippen molar-refractivity contribution >= 4 is 58.5 Å². The minimum Gasteiger partial charge on any atom is -0.321 e. The number of carbonyl (C=O) groups is 4. The van der Waals surface area contributed by atoms with Gasteiger partial charge in [-0.1, -0.05) is 35.9 Å². The second kappa shape index (κ2) is 13.2. The Labute approximate surface area is 256 Å². The number of benzene rings is 4. The van der Waals surface area contributed by atoms with E-state index in [0.29, 0.717) is 22.5 Å². The fraction of sp³-hybridized carbons (Fsp3) is 0.0909. The minimum atomic E-state index is -0.613. The monoisotopic (exact) mass is 606 g/mol. The molecule has 0 bridgehead atoms. The first-order valence-corrected chi connectivity index (χ1v) is 14.4. The van der Waals surface area contributed by atoms with Gasteiger partial charge < -0.3 is 10.6 Å². The molecule has 4 aromatic carbocycles. The van der Waals surface area contributed by atoms with Gasteiger partial charge >= 0.3 is 0 Å². The molecule has 0 saturated carbocycles. The standard InChI is InChI=1S/C33H26N4O6S/c1-21-7-13-25(14-8-21)36-30(38)20-29(33(36)41)44-27-17-11-24(12-18-27)34-32(40)28(35-31(39)23-5-3-2-4-6-23)19-22-9-15-26(16-10-22)37(42)43/h2-19,29H,20H2,1H3,(H,34,40)(H,35,39)/b28-19-. The predicted octanol–water partition coefficient (Wildman–Crippen LogP) is 5.74. The molecule has 2 N–H and O–H groups in total. The lowest BCUT2D eigenvalue weighted by Crippen LogP contribution is -2.31. The minimum absolute atomic E-state index is 0.0718. The van der Waals surface area contributed by atoms with E-state index in [4.69, 9.17) is 0 Å². The topological polar surface area (TPSA) is 139 Å². The second-order valence-corrected chi connectivity index (χ2v) is 11.2. The quantitative estimate of drug-likeness (QED) is 0.107. The summed E-state index contributed by atoms with van der Waals surface area (Å²) in [5.74, 6) is -1.66. The van der Waals surface area contributed by atoms with Crippen LogP contribution >= 0.6 is 11.8 Å². The maximum absolute atomic E-state index is 13.3. The molecule has 1 unspecified atom stereocenters. The van der Waals surface area contributed by atoms with Crippen molar-refractivity contribution in [2.75, 3.05) is 10.2 Å². The van der Waals surface area contributed by atoms with Crippen LogP contribution < -0.4 is 15.5 Å². The molecule has 220 valence electrons. The molecule has 4 amide bonds. The number of amides is 4. The summed E-state index contributed by atoms with van der Waals surface area (Å²) >= 11 is 1.27. The lowest BCUT2D eigenvalue weighted by molar-refractivity contribution is -0.384. The van der Waals surface area contributed by atoms with E-state index >= 15 is 0 Å². The van der Waals surface area contributed by atoms with Gasteiger partial charge in [0.05, 0.1) is 15.9 Å². The molecule has 1 fully saturated rings. The van der Waals surface area contributed by atoms with Crippen molar-refractivity contribution < 1.29 is 24.1 Å². The molecule has 0 radical (unpaired) electrons. The fourth-order valence-corrected chi connectivity index (χ4v) is 5.50. The Bertz CT molecular complexity index is 1760. The predicted molar refractivity (Wildman–Crippen MR) is 168 cm³/mol. The maximum atomic E-state index is 13.3. The number of aryl methyl sites for hydroxylation is 1. The highest BCUT2D eigenvalue weighted by molar-refractivity contribution is 8.00. The summed E-state index contributed by atoms with van der Waals surface area (Å²) in [5.41, 5.74) is 2.64. The number of rotatable bonds is 9. The zero-order chi connectivity index (χ0) is 31.2. The van der Waals surface area contributed by atoms with Gasteiger partial charge in [0.15, 0.2) is 0 Å². The first-order valence-electron chi connectivity index (χ1n) is 13.5. The summed E-state index contributed by atoms with van der Waals surface area (Å²) < 4.78 is 0. The van der Waals surface area contributed by atoms with Crippen LogP contribution in [0.15, 0.2) is 114 Å². The number of hydrogen-bond donors (Lipinski definition) is 2. The van der Waals surface area contributed by atoms with Gasteiger partial charge in [-0.15, -0.1) is 11.8 Å². The Kier molecular flexibility index (Phi) is 8.96. The summed E-state index contributed by atoms with van der Waals surface area (Å²) in [6, 6.07) is 27.9. The van der Waals surface area contributed by atoms with Crippen LogP contribution in [-0.4, -0.2) is 33.8 Å². The summed E-state index contributed by atoms with van der Waals surface area (Å²) in [6.45, 7) is 1.93. The van der Waals surface area contributed by atoms with Gasteiger partial charge in [-0.25, -0.2) is 4.90 Å². The molecule has 5 rings (SSSR count). The molecule has 1 aliphatic heterocycles. The van der Waals surface area contributed by atoms with Gasteiger partial charge in [0, 0.05) is 34.7 Å². The van der Waals surface area contributed by atoms with Crippen molar-refractivity contribution in [3.8, 4) is 0 Å². The molecule has 11 heteroatoms. The number of nitrogens with one attached hydrogen (secondary N) is 2. The third-order valence-corrected chi connectivity index (χ3v) is 7.93. The van der Waals surface area contributed by atoms with Crippen molar-refractivity contribution in [2.24, 2.45) is 0 Å². The molecule has 0 aromatic heterocycles. The zero-order valence-electron chi connectivity index (χ0n) is 23.4. The Balaban J connectivity index is 1.29. The molecular formula is C33H26N4O6S. The molecule has 0 spiro atoms. The fourth-order valence-electron chi connectivity index (χ4n) is 4.44. The normalized spacial score (nSPS) is 14.8. The Hall–Kier alpha value is -5.55. The number of nitro benzene ring substituents is 1. The molecule has 10 nitrogen and oxygen atoms in total. The number of nitro groups is 1. The summed E-state index contributed by atoms with van der Waals surface area (Å²) in [5, 5.41) is 15.8. The summed E-state index contributed by atoms with van der Waals surface area (Å²) in [7, 11) is 0. The van der Waals surface area contributed by atoms with E-state index in [1.165, 1.54) is 47.0 Å². The van der Waals surface area contributed by atoms with Gasteiger partial charge in [-0.05, 0) is 79.2 Å². The van der Waals surface area contributed by atoms with Gasteiger partial charge in [-0.2, -0.15) is 0 Å². The van der Waals surface area contributed by atoms with E-state index in [0.717, 1.165) is 10.5 Å². The highest BCUT2D eigenvalue weighted by Gasteiger charge is 2.40. The van der Waals surface area contributed by atoms with Crippen LogP contribution in [0.5, 0.6) is 0 Å².